The second-order valence-corrected chi connectivity index (χ2v) is 7.92. The lowest BCUT2D eigenvalue weighted by molar-refractivity contribution is -0.121. The van der Waals surface area contributed by atoms with Crippen LogP contribution in [0.3, 0.4) is 0 Å². The minimum absolute atomic E-state index is 0.0483. The Kier molecular flexibility index (Phi) is 7.71. The summed E-state index contributed by atoms with van der Waals surface area (Å²) in [4.78, 5) is 26.7. The van der Waals surface area contributed by atoms with Crippen LogP contribution in [0.5, 0.6) is 5.75 Å². The van der Waals surface area contributed by atoms with Crippen LogP contribution in [0.1, 0.15) is 36.8 Å². The molecule has 30 heavy (non-hydrogen) atoms. The van der Waals surface area contributed by atoms with Crippen LogP contribution >= 0.6 is 0 Å². The summed E-state index contributed by atoms with van der Waals surface area (Å²) in [5.74, 6) is 1.21. The molecule has 0 spiro atoms. The van der Waals surface area contributed by atoms with Crippen molar-refractivity contribution in [3.05, 3.63) is 59.7 Å². The molecule has 1 saturated heterocycles. The van der Waals surface area contributed by atoms with Gasteiger partial charge in [0.25, 0.3) is 0 Å². The average molecular weight is 410 g/mol. The topological polar surface area (TPSA) is 70.7 Å². The van der Waals surface area contributed by atoms with E-state index in [2.05, 4.69) is 10.6 Å². The van der Waals surface area contributed by atoms with Crippen LogP contribution in [0.25, 0.3) is 0 Å². The van der Waals surface area contributed by atoms with E-state index in [1.165, 1.54) is 0 Å². The van der Waals surface area contributed by atoms with Gasteiger partial charge in [-0.2, -0.15) is 0 Å². The lowest BCUT2D eigenvalue weighted by atomic mass is 9.93. The molecule has 6 nitrogen and oxygen atoms in total. The summed E-state index contributed by atoms with van der Waals surface area (Å²) in [6.07, 6.45) is 3.30. The van der Waals surface area contributed by atoms with E-state index in [1.54, 1.807) is 7.11 Å². The van der Waals surface area contributed by atoms with E-state index in [1.807, 2.05) is 60.4 Å². The molecule has 0 aromatic heterocycles. The van der Waals surface area contributed by atoms with Crippen molar-refractivity contribution in [1.29, 1.82) is 0 Å². The number of methoxy groups -OCH3 is 1. The Morgan fingerprint density at radius 2 is 1.97 bits per heavy atom. The number of amides is 3. The lowest BCUT2D eigenvalue weighted by Crippen LogP contribution is -2.42. The number of aryl methyl sites for hydroxylation is 1. The van der Waals surface area contributed by atoms with Gasteiger partial charge in [0, 0.05) is 31.7 Å². The average Bonchev–Trinajstić information content (AvgIpc) is 2.77. The predicted octanol–water partition coefficient (Wildman–Crippen LogP) is 4.34. The summed E-state index contributed by atoms with van der Waals surface area (Å²) in [5, 5.41) is 5.96. The summed E-state index contributed by atoms with van der Waals surface area (Å²) >= 11 is 0. The molecular weight excluding hydrogens is 378 g/mol. The maximum Gasteiger partial charge on any atom is 0.321 e. The molecule has 2 N–H and O–H groups in total. The van der Waals surface area contributed by atoms with Gasteiger partial charge in [0.1, 0.15) is 5.75 Å². The van der Waals surface area contributed by atoms with E-state index in [4.69, 9.17) is 4.74 Å². The number of carbonyl (C=O) groups is 2. The van der Waals surface area contributed by atoms with Crippen molar-refractivity contribution in [3.8, 4) is 5.75 Å². The van der Waals surface area contributed by atoms with Crippen LogP contribution in [-0.2, 0) is 11.3 Å². The first-order valence-corrected chi connectivity index (χ1v) is 10.6. The molecule has 1 heterocycles. The van der Waals surface area contributed by atoms with Gasteiger partial charge in [-0.3, -0.25) is 4.79 Å². The summed E-state index contributed by atoms with van der Waals surface area (Å²) in [7, 11) is 1.63. The smallest absolute Gasteiger partial charge is 0.321 e. The zero-order chi connectivity index (χ0) is 21.3. The second kappa shape index (κ2) is 10.7. The van der Waals surface area contributed by atoms with Crippen molar-refractivity contribution in [1.82, 2.24) is 10.2 Å². The van der Waals surface area contributed by atoms with Crippen LogP contribution in [0.15, 0.2) is 48.5 Å². The standard InChI is InChI=1S/C24H31N3O3/c1-18-5-3-7-21(15-18)26-24(29)27-14-4-6-20(17-27)10-13-23(28)25-16-19-8-11-22(30-2)12-9-19/h3,5,7-9,11-12,15,20H,4,6,10,13-14,16-17H2,1-2H3,(H,25,28)(H,26,29). The molecule has 0 aliphatic carbocycles. The number of nitrogens with zero attached hydrogens (tertiary/aromatic N) is 1. The molecule has 3 rings (SSSR count). The van der Waals surface area contributed by atoms with Gasteiger partial charge in [-0.05, 0) is 67.5 Å². The second-order valence-electron chi connectivity index (χ2n) is 7.92. The molecule has 160 valence electrons. The highest BCUT2D eigenvalue weighted by atomic mass is 16.5. The zero-order valence-electron chi connectivity index (χ0n) is 17.8. The third-order valence-electron chi connectivity index (χ3n) is 5.50. The number of nitrogens with one attached hydrogen (secondary N) is 2. The number of carbonyl (C=O) groups excluding carboxylic acids is 2. The van der Waals surface area contributed by atoms with Crippen molar-refractivity contribution in [2.75, 3.05) is 25.5 Å². The first kappa shape index (κ1) is 21.7. The maximum absolute atomic E-state index is 12.6. The highest BCUT2D eigenvalue weighted by Gasteiger charge is 2.24. The molecule has 1 aliphatic heterocycles. The zero-order valence-corrected chi connectivity index (χ0v) is 17.8. The van der Waals surface area contributed by atoms with E-state index in [0.29, 0.717) is 25.4 Å². The number of urea groups is 1. The monoisotopic (exact) mass is 409 g/mol. The molecule has 2 aromatic carbocycles. The largest absolute Gasteiger partial charge is 0.497 e. The molecule has 0 saturated carbocycles. The molecule has 2 aromatic rings. The van der Waals surface area contributed by atoms with Crippen molar-refractivity contribution in [2.45, 2.75) is 39.2 Å². The van der Waals surface area contributed by atoms with Crippen LogP contribution in [-0.4, -0.2) is 37.0 Å². The Balaban J connectivity index is 1.40. The lowest BCUT2D eigenvalue weighted by Gasteiger charge is -2.32. The van der Waals surface area contributed by atoms with Crippen molar-refractivity contribution >= 4 is 17.6 Å². The molecule has 1 atom stereocenters. The Morgan fingerprint density at radius 1 is 1.17 bits per heavy atom. The van der Waals surface area contributed by atoms with Gasteiger partial charge in [0.05, 0.1) is 7.11 Å². The number of rotatable bonds is 7. The fourth-order valence-electron chi connectivity index (χ4n) is 3.78. The van der Waals surface area contributed by atoms with Gasteiger partial charge in [-0.15, -0.1) is 0 Å². The van der Waals surface area contributed by atoms with Gasteiger partial charge in [-0.25, -0.2) is 4.79 Å². The van der Waals surface area contributed by atoms with Gasteiger partial charge in [0.15, 0.2) is 0 Å². The highest BCUT2D eigenvalue weighted by molar-refractivity contribution is 5.89. The molecular formula is C24H31N3O3. The molecule has 1 aliphatic rings. The van der Waals surface area contributed by atoms with Crippen molar-refractivity contribution in [3.63, 3.8) is 0 Å². The van der Waals surface area contributed by atoms with Crippen LogP contribution in [0.2, 0.25) is 0 Å². The first-order chi connectivity index (χ1) is 14.5. The molecule has 3 amide bonds. The third-order valence-corrected chi connectivity index (χ3v) is 5.50. The number of likely N-dealkylation sites (tertiary alicyclic amines) is 1. The number of piperidine rings is 1. The van der Waals surface area contributed by atoms with Gasteiger partial charge >= 0.3 is 6.03 Å². The van der Waals surface area contributed by atoms with Crippen LogP contribution in [0.4, 0.5) is 10.5 Å². The summed E-state index contributed by atoms with van der Waals surface area (Å²) < 4.78 is 5.14. The SMILES string of the molecule is COc1ccc(CNC(=O)CCC2CCCN(C(=O)Nc3cccc(C)c3)C2)cc1. The van der Waals surface area contributed by atoms with E-state index in [9.17, 15) is 9.59 Å². The minimum Gasteiger partial charge on any atom is -0.497 e. The number of anilines is 1. The van der Waals surface area contributed by atoms with Crippen LogP contribution < -0.4 is 15.4 Å². The van der Waals surface area contributed by atoms with E-state index < -0.39 is 0 Å². The quantitative estimate of drug-likeness (QED) is 0.714. The molecule has 0 bridgehead atoms. The highest BCUT2D eigenvalue weighted by Crippen LogP contribution is 2.22. The first-order valence-electron chi connectivity index (χ1n) is 10.6. The van der Waals surface area contributed by atoms with Crippen LogP contribution in [0, 0.1) is 12.8 Å². The van der Waals surface area contributed by atoms with E-state index in [-0.39, 0.29) is 11.9 Å². The number of hydrogen-bond donors (Lipinski definition) is 2. The summed E-state index contributed by atoms with van der Waals surface area (Å²) in [6, 6.07) is 15.4. The normalized spacial score (nSPS) is 16.1. The number of ether oxygens (including phenoxy) is 1. The number of benzene rings is 2. The Morgan fingerprint density at radius 3 is 2.70 bits per heavy atom. The molecule has 1 unspecified atom stereocenters. The van der Waals surface area contributed by atoms with Gasteiger partial charge in [-0.1, -0.05) is 24.3 Å². The van der Waals surface area contributed by atoms with E-state index >= 15 is 0 Å². The maximum atomic E-state index is 12.6. The third kappa shape index (κ3) is 6.51. The van der Waals surface area contributed by atoms with Crippen molar-refractivity contribution in [2.24, 2.45) is 5.92 Å². The Labute approximate surface area is 178 Å². The molecule has 6 heteroatoms. The summed E-state index contributed by atoms with van der Waals surface area (Å²) in [6.45, 7) is 3.98. The fourth-order valence-corrected chi connectivity index (χ4v) is 3.78. The summed E-state index contributed by atoms with van der Waals surface area (Å²) in [5.41, 5.74) is 2.98. The Hall–Kier alpha value is -3.02. The Bertz CT molecular complexity index is 851. The fraction of sp³-hybridized carbons (Fsp3) is 0.417. The van der Waals surface area contributed by atoms with Gasteiger partial charge in [0.2, 0.25) is 5.91 Å². The molecule has 0 radical (unpaired) electrons. The van der Waals surface area contributed by atoms with Crippen molar-refractivity contribution < 1.29 is 14.3 Å². The van der Waals surface area contributed by atoms with E-state index in [0.717, 1.165) is 48.4 Å². The predicted molar refractivity (Wildman–Crippen MR) is 119 cm³/mol. The molecule has 1 fully saturated rings. The van der Waals surface area contributed by atoms with Gasteiger partial charge < -0.3 is 20.3 Å². The number of hydrogen-bond acceptors (Lipinski definition) is 3. The minimum atomic E-state index is -0.0609.